The minimum Gasteiger partial charge on any atom is -0.486 e. The minimum absolute atomic E-state index is 0.231. The summed E-state index contributed by atoms with van der Waals surface area (Å²) >= 11 is 0. The van der Waals surface area contributed by atoms with E-state index >= 15 is 0 Å². The van der Waals surface area contributed by atoms with Gasteiger partial charge in [0.15, 0.2) is 17.2 Å². The molecule has 0 radical (unpaired) electrons. The van der Waals surface area contributed by atoms with Gasteiger partial charge in [0.25, 0.3) is 5.91 Å². The predicted molar refractivity (Wildman–Crippen MR) is 83.6 cm³/mol. The van der Waals surface area contributed by atoms with Crippen molar-refractivity contribution in [2.45, 2.75) is 6.42 Å². The van der Waals surface area contributed by atoms with Crippen LogP contribution in [-0.4, -0.2) is 53.9 Å². The van der Waals surface area contributed by atoms with Crippen molar-refractivity contribution in [3.8, 4) is 17.2 Å². The second-order valence-corrected chi connectivity index (χ2v) is 5.82. The van der Waals surface area contributed by atoms with Crippen molar-refractivity contribution in [2.75, 3.05) is 33.0 Å². The van der Waals surface area contributed by atoms with E-state index in [2.05, 4.69) is 15.6 Å². The summed E-state index contributed by atoms with van der Waals surface area (Å²) in [6.07, 6.45) is 2.58. The summed E-state index contributed by atoms with van der Waals surface area (Å²) in [6, 6.07) is 5.49. The zero-order valence-corrected chi connectivity index (χ0v) is 13.1. The summed E-state index contributed by atoms with van der Waals surface area (Å²) in [5, 5.41) is 10.8. The van der Waals surface area contributed by atoms with Crippen molar-refractivity contribution in [1.29, 1.82) is 0 Å². The Morgan fingerprint density at radius 2 is 2.12 bits per heavy atom. The van der Waals surface area contributed by atoms with Crippen LogP contribution in [0, 0.1) is 5.92 Å². The van der Waals surface area contributed by atoms with E-state index in [1.54, 1.807) is 10.9 Å². The third-order valence-corrected chi connectivity index (χ3v) is 4.09. The fourth-order valence-electron chi connectivity index (χ4n) is 2.74. The molecular weight excluding hydrogens is 312 g/mol. The first-order valence-corrected chi connectivity index (χ1v) is 7.98. The summed E-state index contributed by atoms with van der Waals surface area (Å²) < 4.78 is 17.9. The zero-order chi connectivity index (χ0) is 16.4. The molecule has 0 spiro atoms. The number of nitrogens with zero attached hydrogens (tertiary/aromatic N) is 3. The van der Waals surface area contributed by atoms with Crippen molar-refractivity contribution in [2.24, 2.45) is 5.92 Å². The molecule has 8 heteroatoms. The van der Waals surface area contributed by atoms with E-state index in [9.17, 15) is 4.79 Å². The first kappa shape index (κ1) is 14.9. The monoisotopic (exact) mass is 330 g/mol. The lowest BCUT2D eigenvalue weighted by Gasteiger charge is -2.18. The van der Waals surface area contributed by atoms with Crippen molar-refractivity contribution in [3.63, 3.8) is 0 Å². The van der Waals surface area contributed by atoms with E-state index < -0.39 is 0 Å². The molecule has 1 fully saturated rings. The number of hydrogen-bond acceptors (Lipinski definition) is 6. The van der Waals surface area contributed by atoms with Gasteiger partial charge in [-0.15, -0.1) is 5.10 Å². The van der Waals surface area contributed by atoms with Crippen molar-refractivity contribution in [1.82, 2.24) is 20.3 Å². The molecule has 126 valence electrons. The van der Waals surface area contributed by atoms with Crippen LogP contribution in [0.25, 0.3) is 5.69 Å². The molecule has 4 rings (SSSR count). The highest BCUT2D eigenvalue weighted by Gasteiger charge is 2.19. The van der Waals surface area contributed by atoms with Crippen molar-refractivity contribution in [3.05, 3.63) is 30.1 Å². The van der Waals surface area contributed by atoms with Gasteiger partial charge in [-0.1, -0.05) is 5.21 Å². The van der Waals surface area contributed by atoms with Gasteiger partial charge in [-0.25, -0.2) is 4.68 Å². The Morgan fingerprint density at radius 1 is 1.25 bits per heavy atom. The molecule has 0 saturated carbocycles. The van der Waals surface area contributed by atoms with Crippen LogP contribution < -0.4 is 14.8 Å². The van der Waals surface area contributed by atoms with Crippen LogP contribution >= 0.6 is 0 Å². The van der Waals surface area contributed by atoms with Crippen LogP contribution in [0.2, 0.25) is 0 Å². The molecule has 2 aromatic rings. The maximum Gasteiger partial charge on any atom is 0.273 e. The fraction of sp³-hybridized carbons (Fsp3) is 0.438. The van der Waals surface area contributed by atoms with Gasteiger partial charge >= 0.3 is 0 Å². The molecule has 1 atom stereocenters. The molecule has 0 bridgehead atoms. The summed E-state index contributed by atoms with van der Waals surface area (Å²) in [4.78, 5) is 12.2. The van der Waals surface area contributed by atoms with E-state index in [-0.39, 0.29) is 11.6 Å². The van der Waals surface area contributed by atoms with Gasteiger partial charge in [-0.05, 0) is 18.6 Å². The fourth-order valence-corrected chi connectivity index (χ4v) is 2.74. The molecule has 1 aromatic carbocycles. The van der Waals surface area contributed by atoms with Crippen LogP contribution in [0.5, 0.6) is 11.5 Å². The van der Waals surface area contributed by atoms with Crippen LogP contribution in [0.1, 0.15) is 16.9 Å². The molecule has 8 nitrogen and oxygen atoms in total. The molecular formula is C16H18N4O4. The first-order chi connectivity index (χ1) is 11.8. The number of carbonyl (C=O) groups is 1. The van der Waals surface area contributed by atoms with Crippen LogP contribution in [0.4, 0.5) is 0 Å². The first-order valence-electron chi connectivity index (χ1n) is 7.98. The molecule has 1 aromatic heterocycles. The zero-order valence-electron chi connectivity index (χ0n) is 13.1. The number of nitrogens with one attached hydrogen (secondary N) is 1. The molecule has 1 N–H and O–H groups in total. The number of hydrogen-bond donors (Lipinski definition) is 1. The summed E-state index contributed by atoms with van der Waals surface area (Å²) in [5.41, 5.74) is 1.04. The molecule has 2 aliphatic rings. The Balaban J connectivity index is 1.45. The maximum absolute atomic E-state index is 12.2. The SMILES string of the molecule is O=C(NC[C@@H]1CCOC1)c1cn(-c2ccc3c(c2)OCCO3)nn1. The Labute approximate surface area is 138 Å². The molecule has 3 heterocycles. The molecule has 24 heavy (non-hydrogen) atoms. The number of aromatic nitrogens is 3. The average Bonchev–Trinajstić information content (AvgIpc) is 3.31. The number of carbonyl (C=O) groups excluding carboxylic acids is 1. The topological polar surface area (TPSA) is 87.5 Å². The smallest absolute Gasteiger partial charge is 0.273 e. The Morgan fingerprint density at radius 3 is 2.96 bits per heavy atom. The van der Waals surface area contributed by atoms with Gasteiger partial charge < -0.3 is 19.5 Å². The Hall–Kier alpha value is -2.61. The second-order valence-electron chi connectivity index (χ2n) is 5.82. The third-order valence-electron chi connectivity index (χ3n) is 4.09. The lowest BCUT2D eigenvalue weighted by Crippen LogP contribution is -2.29. The largest absolute Gasteiger partial charge is 0.486 e. The number of amides is 1. The predicted octanol–water partition coefficient (Wildman–Crippen LogP) is 0.805. The van der Waals surface area contributed by atoms with Gasteiger partial charge in [0.1, 0.15) is 13.2 Å². The normalized spacial score (nSPS) is 19.2. The van der Waals surface area contributed by atoms with Crippen molar-refractivity contribution < 1.29 is 19.0 Å². The maximum atomic E-state index is 12.2. The van der Waals surface area contributed by atoms with Gasteiger partial charge in [0.05, 0.1) is 18.5 Å². The Bertz CT molecular complexity index is 739. The van der Waals surface area contributed by atoms with Gasteiger partial charge in [-0.2, -0.15) is 0 Å². The lowest BCUT2D eigenvalue weighted by molar-refractivity contribution is 0.0940. The van der Waals surface area contributed by atoms with Crippen molar-refractivity contribution >= 4 is 5.91 Å². The third kappa shape index (κ3) is 3.05. The Kier molecular flexibility index (Phi) is 4.04. The number of rotatable bonds is 4. The second kappa shape index (κ2) is 6.48. The quantitative estimate of drug-likeness (QED) is 0.892. The van der Waals surface area contributed by atoms with E-state index in [0.29, 0.717) is 43.8 Å². The summed E-state index contributed by atoms with van der Waals surface area (Å²) in [5.74, 6) is 1.52. The number of fused-ring (bicyclic) bond motifs is 1. The highest BCUT2D eigenvalue weighted by molar-refractivity contribution is 5.91. The van der Waals surface area contributed by atoms with E-state index in [0.717, 1.165) is 18.7 Å². The summed E-state index contributed by atoms with van der Waals surface area (Å²) in [7, 11) is 0. The number of ether oxygens (including phenoxy) is 3. The van der Waals surface area contributed by atoms with Crippen LogP contribution in [0.15, 0.2) is 24.4 Å². The van der Waals surface area contributed by atoms with Crippen LogP contribution in [-0.2, 0) is 4.74 Å². The standard InChI is InChI=1S/C16H18N4O4/c21-16(17-8-11-3-4-22-10-11)13-9-20(19-18-13)12-1-2-14-15(7-12)24-6-5-23-14/h1-2,7,9,11H,3-6,8,10H2,(H,17,21)/t11-/m0/s1. The summed E-state index contributed by atoms with van der Waals surface area (Å²) in [6.45, 7) is 3.12. The molecule has 0 aliphatic carbocycles. The van der Waals surface area contributed by atoms with Gasteiger partial charge in [-0.3, -0.25) is 4.79 Å². The van der Waals surface area contributed by atoms with Crippen LogP contribution in [0.3, 0.4) is 0 Å². The highest BCUT2D eigenvalue weighted by Crippen LogP contribution is 2.31. The van der Waals surface area contributed by atoms with E-state index in [4.69, 9.17) is 14.2 Å². The number of benzene rings is 1. The highest BCUT2D eigenvalue weighted by atomic mass is 16.6. The molecule has 2 aliphatic heterocycles. The molecule has 0 unspecified atom stereocenters. The average molecular weight is 330 g/mol. The van der Waals surface area contributed by atoms with Gasteiger partial charge in [0.2, 0.25) is 0 Å². The van der Waals surface area contributed by atoms with E-state index in [1.165, 1.54) is 0 Å². The molecule has 1 amide bonds. The minimum atomic E-state index is -0.231. The molecule has 1 saturated heterocycles. The van der Waals surface area contributed by atoms with Gasteiger partial charge in [0, 0.05) is 25.1 Å². The van der Waals surface area contributed by atoms with E-state index in [1.807, 2.05) is 18.2 Å². The lowest BCUT2D eigenvalue weighted by atomic mass is 10.1.